The molecule has 2 atom stereocenters. The summed E-state index contributed by atoms with van der Waals surface area (Å²) in [6.45, 7) is 5.43. The van der Waals surface area contributed by atoms with E-state index in [1.54, 1.807) is 0 Å². The Morgan fingerprint density at radius 2 is 1.84 bits per heavy atom. The Labute approximate surface area is 118 Å². The van der Waals surface area contributed by atoms with Gasteiger partial charge in [-0.05, 0) is 59.5 Å². The maximum atomic E-state index is 6.62. The highest BCUT2D eigenvalue weighted by atomic mass is 16.5. The number of nitrogens with two attached hydrogens (primary N) is 1. The number of nitrogens with zero attached hydrogens (tertiary/aromatic N) is 1. The monoisotopic (exact) mass is 268 g/mol. The van der Waals surface area contributed by atoms with Gasteiger partial charge in [-0.3, -0.25) is 0 Å². The SMILES string of the molecule is CN(C)C(C)(C)C(N)C1CCOC2(CCCCC2)C1. The van der Waals surface area contributed by atoms with Crippen molar-refractivity contribution < 1.29 is 4.74 Å². The lowest BCUT2D eigenvalue weighted by Crippen LogP contribution is -2.59. The summed E-state index contributed by atoms with van der Waals surface area (Å²) >= 11 is 0. The largest absolute Gasteiger partial charge is 0.375 e. The smallest absolute Gasteiger partial charge is 0.0685 e. The van der Waals surface area contributed by atoms with Gasteiger partial charge in [-0.15, -0.1) is 0 Å². The zero-order valence-corrected chi connectivity index (χ0v) is 13.2. The summed E-state index contributed by atoms with van der Waals surface area (Å²) in [5, 5.41) is 0. The van der Waals surface area contributed by atoms with Gasteiger partial charge in [0.15, 0.2) is 0 Å². The van der Waals surface area contributed by atoms with Crippen molar-refractivity contribution in [3.63, 3.8) is 0 Å². The predicted octanol–water partition coefficient (Wildman–Crippen LogP) is 2.78. The summed E-state index contributed by atoms with van der Waals surface area (Å²) in [7, 11) is 4.27. The molecule has 3 nitrogen and oxygen atoms in total. The molecule has 1 spiro atoms. The first-order chi connectivity index (χ1) is 8.87. The van der Waals surface area contributed by atoms with Crippen molar-refractivity contribution in [3.8, 4) is 0 Å². The summed E-state index contributed by atoms with van der Waals surface area (Å²) in [5.74, 6) is 0.601. The summed E-state index contributed by atoms with van der Waals surface area (Å²) in [4.78, 5) is 2.26. The lowest BCUT2D eigenvalue weighted by Gasteiger charge is -2.49. The van der Waals surface area contributed by atoms with E-state index in [1.165, 1.54) is 38.5 Å². The molecule has 1 saturated carbocycles. The fraction of sp³-hybridized carbons (Fsp3) is 1.00. The molecule has 0 aromatic rings. The summed E-state index contributed by atoms with van der Waals surface area (Å²) < 4.78 is 6.19. The van der Waals surface area contributed by atoms with Gasteiger partial charge in [0.05, 0.1) is 5.60 Å². The molecule has 1 heterocycles. The lowest BCUT2D eigenvalue weighted by molar-refractivity contribution is -0.125. The van der Waals surface area contributed by atoms with Crippen molar-refractivity contribution in [3.05, 3.63) is 0 Å². The third-order valence-electron chi connectivity index (χ3n) is 5.77. The van der Waals surface area contributed by atoms with Crippen molar-refractivity contribution >= 4 is 0 Å². The number of hydrogen-bond acceptors (Lipinski definition) is 3. The van der Waals surface area contributed by atoms with E-state index in [-0.39, 0.29) is 17.2 Å². The van der Waals surface area contributed by atoms with Gasteiger partial charge in [-0.1, -0.05) is 19.3 Å². The van der Waals surface area contributed by atoms with Crippen LogP contribution in [0.1, 0.15) is 58.8 Å². The molecule has 2 fully saturated rings. The van der Waals surface area contributed by atoms with E-state index < -0.39 is 0 Å². The van der Waals surface area contributed by atoms with Gasteiger partial charge in [-0.25, -0.2) is 0 Å². The van der Waals surface area contributed by atoms with Gasteiger partial charge in [0.2, 0.25) is 0 Å². The maximum Gasteiger partial charge on any atom is 0.0685 e. The third kappa shape index (κ3) is 3.14. The molecule has 0 bridgehead atoms. The van der Waals surface area contributed by atoms with Crippen LogP contribution < -0.4 is 5.73 Å². The van der Waals surface area contributed by atoms with E-state index in [9.17, 15) is 0 Å². The number of likely N-dealkylation sites (N-methyl/N-ethyl adjacent to an activating group) is 1. The Kier molecular flexibility index (Phi) is 4.59. The quantitative estimate of drug-likeness (QED) is 0.855. The zero-order chi connectivity index (χ0) is 14.1. The van der Waals surface area contributed by atoms with Crippen molar-refractivity contribution in [2.45, 2.75) is 76.0 Å². The van der Waals surface area contributed by atoms with E-state index in [2.05, 4.69) is 32.8 Å². The number of hydrogen-bond donors (Lipinski definition) is 1. The predicted molar refractivity (Wildman–Crippen MR) is 80.2 cm³/mol. The Morgan fingerprint density at radius 1 is 1.21 bits per heavy atom. The molecular formula is C16H32N2O. The van der Waals surface area contributed by atoms with E-state index in [4.69, 9.17) is 10.5 Å². The van der Waals surface area contributed by atoms with E-state index in [1.807, 2.05) is 0 Å². The normalized spacial score (nSPS) is 29.7. The van der Waals surface area contributed by atoms with E-state index in [0.29, 0.717) is 5.92 Å². The van der Waals surface area contributed by atoms with Crippen LogP contribution >= 0.6 is 0 Å². The fourth-order valence-electron chi connectivity index (χ4n) is 3.79. The highest BCUT2D eigenvalue weighted by molar-refractivity contribution is 4.99. The standard InChI is InChI=1S/C16H32N2O/c1-15(2,18(3)4)14(17)13-8-11-19-16(12-13)9-6-5-7-10-16/h13-14H,5-12,17H2,1-4H3. The Balaban J connectivity index is 2.04. The van der Waals surface area contributed by atoms with Crippen molar-refractivity contribution in [1.82, 2.24) is 4.90 Å². The minimum Gasteiger partial charge on any atom is -0.375 e. The van der Waals surface area contributed by atoms with Gasteiger partial charge >= 0.3 is 0 Å². The van der Waals surface area contributed by atoms with Gasteiger partial charge in [0.1, 0.15) is 0 Å². The molecule has 19 heavy (non-hydrogen) atoms. The highest BCUT2D eigenvalue weighted by Crippen LogP contribution is 2.42. The molecule has 0 amide bonds. The summed E-state index contributed by atoms with van der Waals surface area (Å²) in [6, 6.07) is 0.227. The Morgan fingerprint density at radius 3 is 2.42 bits per heavy atom. The highest BCUT2D eigenvalue weighted by Gasteiger charge is 2.43. The minimum absolute atomic E-state index is 0.0534. The van der Waals surface area contributed by atoms with Crippen molar-refractivity contribution in [1.29, 1.82) is 0 Å². The fourth-order valence-corrected chi connectivity index (χ4v) is 3.79. The second kappa shape index (κ2) is 5.71. The number of ether oxygens (including phenoxy) is 1. The van der Waals surface area contributed by atoms with Crippen LogP contribution in [-0.4, -0.2) is 42.8 Å². The molecule has 0 radical (unpaired) electrons. The first-order valence-electron chi connectivity index (χ1n) is 7.94. The van der Waals surface area contributed by atoms with E-state index in [0.717, 1.165) is 13.0 Å². The lowest BCUT2D eigenvalue weighted by atomic mass is 9.71. The molecule has 0 aromatic carbocycles. The Bertz CT molecular complexity index is 290. The average molecular weight is 268 g/mol. The first kappa shape index (κ1) is 15.3. The molecular weight excluding hydrogens is 236 g/mol. The molecule has 1 aliphatic carbocycles. The van der Waals surface area contributed by atoms with Crippen molar-refractivity contribution in [2.24, 2.45) is 11.7 Å². The third-order valence-corrected chi connectivity index (χ3v) is 5.77. The topological polar surface area (TPSA) is 38.5 Å². The van der Waals surface area contributed by atoms with Gasteiger partial charge in [-0.2, -0.15) is 0 Å². The van der Waals surface area contributed by atoms with E-state index >= 15 is 0 Å². The molecule has 112 valence electrons. The average Bonchev–Trinajstić information content (AvgIpc) is 2.38. The Hall–Kier alpha value is -0.120. The maximum absolute atomic E-state index is 6.62. The van der Waals surface area contributed by atoms with Crippen LogP contribution in [0.3, 0.4) is 0 Å². The van der Waals surface area contributed by atoms with Crippen LogP contribution in [0.15, 0.2) is 0 Å². The van der Waals surface area contributed by atoms with Gasteiger partial charge < -0.3 is 15.4 Å². The molecule has 2 N–H and O–H groups in total. The van der Waals surface area contributed by atoms with Crippen LogP contribution in [0.2, 0.25) is 0 Å². The molecule has 3 heteroatoms. The van der Waals surface area contributed by atoms with Gasteiger partial charge in [0.25, 0.3) is 0 Å². The van der Waals surface area contributed by atoms with Crippen LogP contribution in [0.4, 0.5) is 0 Å². The van der Waals surface area contributed by atoms with Crippen molar-refractivity contribution in [2.75, 3.05) is 20.7 Å². The molecule has 2 rings (SSSR count). The number of rotatable bonds is 3. The summed E-state index contributed by atoms with van der Waals surface area (Å²) in [6.07, 6.45) is 8.84. The van der Waals surface area contributed by atoms with Gasteiger partial charge in [0, 0.05) is 18.2 Å². The molecule has 2 aliphatic rings. The summed E-state index contributed by atoms with van der Waals surface area (Å²) in [5.41, 5.74) is 6.84. The zero-order valence-electron chi connectivity index (χ0n) is 13.2. The first-order valence-corrected chi connectivity index (χ1v) is 7.94. The molecule has 1 saturated heterocycles. The molecule has 1 aliphatic heterocycles. The van der Waals surface area contributed by atoms with Crippen LogP contribution in [0.5, 0.6) is 0 Å². The second-order valence-corrected chi connectivity index (χ2v) is 7.42. The molecule has 2 unspecified atom stereocenters. The van der Waals surface area contributed by atoms with Crippen LogP contribution in [0, 0.1) is 5.92 Å². The second-order valence-electron chi connectivity index (χ2n) is 7.42. The minimum atomic E-state index is 0.0534. The van der Waals surface area contributed by atoms with Crippen LogP contribution in [-0.2, 0) is 4.74 Å². The molecule has 0 aromatic heterocycles. The van der Waals surface area contributed by atoms with Crippen LogP contribution in [0.25, 0.3) is 0 Å².